The van der Waals surface area contributed by atoms with Crippen molar-refractivity contribution in [3.05, 3.63) is 35.9 Å². The molecule has 1 aromatic carbocycles. The summed E-state index contributed by atoms with van der Waals surface area (Å²) in [6, 6.07) is 9.08. The molecule has 0 spiro atoms. The van der Waals surface area contributed by atoms with Gasteiger partial charge in [-0.25, -0.2) is 5.43 Å². The molecular weight excluding hydrogens is 222 g/mol. The summed E-state index contributed by atoms with van der Waals surface area (Å²) in [4.78, 5) is 11.5. The zero-order valence-corrected chi connectivity index (χ0v) is 9.00. The van der Waals surface area contributed by atoms with Crippen LogP contribution in [0.4, 0.5) is 0 Å². The van der Waals surface area contributed by atoms with Crippen LogP contribution in [0.5, 0.6) is 0 Å². The zero-order valence-electron chi connectivity index (χ0n) is 9.00. The fourth-order valence-electron chi connectivity index (χ4n) is 1.12. The number of nitrogens with zero attached hydrogens (tertiary/aromatic N) is 1. The maximum Gasteiger partial charge on any atom is 0.265 e. The zero-order chi connectivity index (χ0) is 12.7. The SMILES string of the molecule is N#CC(NNC(=O)c1ccccc1)[C@H](O)CO. The van der Waals surface area contributed by atoms with Gasteiger partial charge in [-0.3, -0.25) is 10.2 Å². The number of aliphatic hydroxyl groups excluding tert-OH is 2. The van der Waals surface area contributed by atoms with Gasteiger partial charge in [0.2, 0.25) is 0 Å². The lowest BCUT2D eigenvalue weighted by Crippen LogP contribution is -2.50. The molecule has 1 amide bonds. The molecule has 0 aliphatic heterocycles. The number of carbonyl (C=O) groups excluding carboxylic acids is 1. The molecule has 0 bridgehead atoms. The van der Waals surface area contributed by atoms with E-state index < -0.39 is 24.7 Å². The monoisotopic (exact) mass is 235 g/mol. The van der Waals surface area contributed by atoms with Gasteiger partial charge in [-0.15, -0.1) is 0 Å². The molecule has 1 unspecified atom stereocenters. The number of benzene rings is 1. The van der Waals surface area contributed by atoms with Crippen molar-refractivity contribution in [2.75, 3.05) is 6.61 Å². The van der Waals surface area contributed by atoms with E-state index in [1.54, 1.807) is 36.4 Å². The highest BCUT2D eigenvalue weighted by molar-refractivity contribution is 5.93. The molecule has 0 saturated heterocycles. The Kier molecular flexibility index (Phi) is 5.10. The van der Waals surface area contributed by atoms with Crippen molar-refractivity contribution < 1.29 is 15.0 Å². The Morgan fingerprint density at radius 2 is 2.06 bits per heavy atom. The molecule has 17 heavy (non-hydrogen) atoms. The molecule has 0 saturated carbocycles. The van der Waals surface area contributed by atoms with Crippen molar-refractivity contribution in [1.82, 2.24) is 10.9 Å². The molecule has 0 heterocycles. The molecular formula is C11H13N3O3. The van der Waals surface area contributed by atoms with Crippen molar-refractivity contribution in [3.63, 3.8) is 0 Å². The first-order chi connectivity index (χ1) is 8.19. The van der Waals surface area contributed by atoms with Gasteiger partial charge in [0, 0.05) is 5.56 Å². The van der Waals surface area contributed by atoms with Crippen molar-refractivity contribution in [1.29, 1.82) is 5.26 Å². The van der Waals surface area contributed by atoms with Crippen LogP contribution in [0.15, 0.2) is 30.3 Å². The first-order valence-corrected chi connectivity index (χ1v) is 4.98. The minimum Gasteiger partial charge on any atom is -0.394 e. The maximum atomic E-state index is 11.5. The fraction of sp³-hybridized carbons (Fsp3) is 0.273. The van der Waals surface area contributed by atoms with Gasteiger partial charge in [-0.1, -0.05) is 18.2 Å². The smallest absolute Gasteiger partial charge is 0.265 e. The lowest BCUT2D eigenvalue weighted by Gasteiger charge is -2.16. The Morgan fingerprint density at radius 1 is 1.41 bits per heavy atom. The summed E-state index contributed by atoms with van der Waals surface area (Å²) in [5, 5.41) is 26.6. The van der Waals surface area contributed by atoms with E-state index in [0.29, 0.717) is 5.56 Å². The largest absolute Gasteiger partial charge is 0.394 e. The van der Waals surface area contributed by atoms with Crippen molar-refractivity contribution >= 4 is 5.91 Å². The summed E-state index contributed by atoms with van der Waals surface area (Å²) in [5.74, 6) is -0.420. The van der Waals surface area contributed by atoms with Crippen LogP contribution < -0.4 is 10.9 Å². The number of hydrazine groups is 1. The van der Waals surface area contributed by atoms with Crippen molar-refractivity contribution in [2.24, 2.45) is 0 Å². The van der Waals surface area contributed by atoms with Crippen LogP contribution in [0.2, 0.25) is 0 Å². The molecule has 1 rings (SSSR count). The maximum absolute atomic E-state index is 11.5. The number of hydrogen-bond donors (Lipinski definition) is 4. The molecule has 90 valence electrons. The van der Waals surface area contributed by atoms with Gasteiger partial charge in [-0.2, -0.15) is 5.26 Å². The number of aliphatic hydroxyl groups is 2. The van der Waals surface area contributed by atoms with Crippen LogP contribution >= 0.6 is 0 Å². The Balaban J connectivity index is 2.51. The van der Waals surface area contributed by atoms with Crippen molar-refractivity contribution in [3.8, 4) is 6.07 Å². The van der Waals surface area contributed by atoms with Crippen LogP contribution in [0.1, 0.15) is 10.4 Å². The Bertz CT molecular complexity index is 402. The molecule has 0 aliphatic rings. The number of carbonyl (C=O) groups is 1. The van der Waals surface area contributed by atoms with Gasteiger partial charge in [0.25, 0.3) is 5.91 Å². The van der Waals surface area contributed by atoms with E-state index in [1.807, 2.05) is 0 Å². The molecule has 0 aromatic heterocycles. The quantitative estimate of drug-likeness (QED) is 0.498. The third-order valence-corrected chi connectivity index (χ3v) is 2.09. The number of nitrogens with one attached hydrogen (secondary N) is 2. The van der Waals surface area contributed by atoms with Crippen LogP contribution in [-0.4, -0.2) is 34.9 Å². The Hall–Kier alpha value is -1.94. The number of nitriles is 1. The second-order valence-electron chi connectivity index (χ2n) is 3.32. The Morgan fingerprint density at radius 3 is 2.59 bits per heavy atom. The fourth-order valence-corrected chi connectivity index (χ4v) is 1.12. The first kappa shape index (κ1) is 13.1. The molecule has 0 fully saturated rings. The first-order valence-electron chi connectivity index (χ1n) is 4.98. The summed E-state index contributed by atoms with van der Waals surface area (Å²) >= 11 is 0. The number of hydrogen-bond acceptors (Lipinski definition) is 5. The average Bonchev–Trinajstić information content (AvgIpc) is 2.39. The highest BCUT2D eigenvalue weighted by atomic mass is 16.3. The third kappa shape index (κ3) is 3.85. The summed E-state index contributed by atoms with van der Waals surface area (Å²) in [6.07, 6.45) is -1.25. The average molecular weight is 235 g/mol. The summed E-state index contributed by atoms with van der Waals surface area (Å²) < 4.78 is 0. The van der Waals surface area contributed by atoms with E-state index in [0.717, 1.165) is 0 Å². The number of rotatable bonds is 5. The van der Waals surface area contributed by atoms with Gasteiger partial charge in [0.15, 0.2) is 0 Å². The van der Waals surface area contributed by atoms with E-state index in [-0.39, 0.29) is 0 Å². The summed E-state index contributed by atoms with van der Waals surface area (Å²) in [6.45, 7) is -0.563. The molecule has 0 radical (unpaired) electrons. The molecule has 4 N–H and O–H groups in total. The van der Waals surface area contributed by atoms with E-state index in [2.05, 4.69) is 10.9 Å². The lowest BCUT2D eigenvalue weighted by molar-refractivity contribution is 0.0690. The van der Waals surface area contributed by atoms with Crippen LogP contribution in [-0.2, 0) is 0 Å². The third-order valence-electron chi connectivity index (χ3n) is 2.09. The second kappa shape index (κ2) is 6.60. The van der Waals surface area contributed by atoms with E-state index in [1.165, 1.54) is 0 Å². The predicted octanol–water partition coefficient (Wildman–Crippen LogP) is -0.834. The normalized spacial score (nSPS) is 13.5. The van der Waals surface area contributed by atoms with E-state index in [4.69, 9.17) is 10.4 Å². The molecule has 1 aromatic rings. The molecule has 0 aliphatic carbocycles. The van der Waals surface area contributed by atoms with Gasteiger partial charge in [0.05, 0.1) is 12.7 Å². The van der Waals surface area contributed by atoms with Gasteiger partial charge >= 0.3 is 0 Å². The van der Waals surface area contributed by atoms with Crippen LogP contribution in [0.25, 0.3) is 0 Å². The second-order valence-corrected chi connectivity index (χ2v) is 3.32. The van der Waals surface area contributed by atoms with Gasteiger partial charge in [0.1, 0.15) is 12.1 Å². The Labute approximate surface area is 98.5 Å². The highest BCUT2D eigenvalue weighted by Crippen LogP contribution is 1.97. The van der Waals surface area contributed by atoms with Crippen molar-refractivity contribution in [2.45, 2.75) is 12.1 Å². The lowest BCUT2D eigenvalue weighted by atomic mass is 10.2. The summed E-state index contributed by atoms with van der Waals surface area (Å²) in [5.41, 5.74) is 5.06. The van der Waals surface area contributed by atoms with E-state index >= 15 is 0 Å². The minimum absolute atomic E-state index is 0.420. The van der Waals surface area contributed by atoms with Gasteiger partial charge < -0.3 is 10.2 Å². The summed E-state index contributed by atoms with van der Waals surface area (Å²) in [7, 11) is 0. The molecule has 2 atom stereocenters. The minimum atomic E-state index is -1.25. The van der Waals surface area contributed by atoms with Crippen LogP contribution in [0.3, 0.4) is 0 Å². The standard InChI is InChI=1S/C11H13N3O3/c12-6-9(10(16)7-15)13-14-11(17)8-4-2-1-3-5-8/h1-5,9-10,13,15-16H,7H2,(H,14,17)/t9?,10-/m1/s1. The predicted molar refractivity (Wildman–Crippen MR) is 59.5 cm³/mol. The highest BCUT2D eigenvalue weighted by Gasteiger charge is 2.18. The topological polar surface area (TPSA) is 105 Å². The van der Waals surface area contributed by atoms with Crippen LogP contribution in [0, 0.1) is 11.3 Å². The molecule has 6 nitrogen and oxygen atoms in total. The molecule has 6 heteroatoms. The van der Waals surface area contributed by atoms with E-state index in [9.17, 15) is 9.90 Å². The number of amides is 1. The van der Waals surface area contributed by atoms with Gasteiger partial charge in [-0.05, 0) is 12.1 Å².